The molecule has 0 saturated carbocycles. The van der Waals surface area contributed by atoms with Gasteiger partial charge in [0.25, 0.3) is 5.91 Å². The first-order valence-electron chi connectivity index (χ1n) is 8.07. The lowest BCUT2D eigenvalue weighted by molar-refractivity contribution is 0.0954. The molecule has 0 aliphatic heterocycles. The van der Waals surface area contributed by atoms with Gasteiger partial charge in [0.15, 0.2) is 11.5 Å². The minimum absolute atomic E-state index is 0.340. The van der Waals surface area contributed by atoms with Gasteiger partial charge in [0.2, 0.25) is 0 Å². The Bertz CT molecular complexity index is 789. The predicted octanol–water partition coefficient (Wildman–Crippen LogP) is 3.69. The van der Waals surface area contributed by atoms with E-state index in [0.29, 0.717) is 28.1 Å². The Morgan fingerprint density at radius 1 is 1.27 bits per heavy atom. The van der Waals surface area contributed by atoms with Crippen LogP contribution in [-0.2, 0) is 0 Å². The summed E-state index contributed by atoms with van der Waals surface area (Å²) in [6.07, 6.45) is 1.60. The number of amides is 1. The molecule has 0 aromatic heterocycles. The van der Waals surface area contributed by atoms with Crippen molar-refractivity contribution >= 4 is 33.7 Å². The molecule has 0 aliphatic carbocycles. The number of ether oxygens (including phenoxy) is 2. The van der Waals surface area contributed by atoms with Crippen molar-refractivity contribution in [1.82, 2.24) is 5.43 Å². The average Bonchev–Trinajstić information content (AvgIpc) is 2.63. The Balaban J connectivity index is 2.08. The van der Waals surface area contributed by atoms with E-state index < -0.39 is 0 Å². The molecular formula is C19H22BrN3O3. The van der Waals surface area contributed by atoms with Gasteiger partial charge in [0, 0.05) is 25.3 Å². The van der Waals surface area contributed by atoms with Gasteiger partial charge in [-0.05, 0) is 52.7 Å². The lowest BCUT2D eigenvalue weighted by atomic mass is 10.2. The lowest BCUT2D eigenvalue weighted by Crippen LogP contribution is -2.18. The number of methoxy groups -OCH3 is 1. The van der Waals surface area contributed by atoms with Gasteiger partial charge in [-0.25, -0.2) is 5.43 Å². The van der Waals surface area contributed by atoms with Crippen LogP contribution in [0.25, 0.3) is 0 Å². The van der Waals surface area contributed by atoms with E-state index in [2.05, 4.69) is 26.5 Å². The van der Waals surface area contributed by atoms with Gasteiger partial charge in [-0.1, -0.05) is 12.1 Å². The zero-order chi connectivity index (χ0) is 19.1. The molecule has 0 unspecified atom stereocenters. The molecule has 1 amide bonds. The number of hydrogen-bond donors (Lipinski definition) is 1. The van der Waals surface area contributed by atoms with E-state index in [9.17, 15) is 4.79 Å². The quantitative estimate of drug-likeness (QED) is 0.548. The second-order valence-electron chi connectivity index (χ2n) is 5.61. The van der Waals surface area contributed by atoms with Crippen molar-refractivity contribution in [1.29, 1.82) is 0 Å². The first-order valence-corrected chi connectivity index (χ1v) is 8.86. The van der Waals surface area contributed by atoms with Crippen molar-refractivity contribution < 1.29 is 14.3 Å². The molecule has 26 heavy (non-hydrogen) atoms. The Morgan fingerprint density at radius 3 is 2.54 bits per heavy atom. The van der Waals surface area contributed by atoms with Gasteiger partial charge < -0.3 is 14.4 Å². The summed E-state index contributed by atoms with van der Waals surface area (Å²) in [5.74, 6) is 0.707. The maximum Gasteiger partial charge on any atom is 0.271 e. The van der Waals surface area contributed by atoms with Crippen molar-refractivity contribution in [3.05, 3.63) is 52.0 Å². The summed E-state index contributed by atoms with van der Waals surface area (Å²) >= 11 is 3.40. The lowest BCUT2D eigenvalue weighted by Gasteiger charge is -2.12. The Morgan fingerprint density at radius 2 is 1.96 bits per heavy atom. The summed E-state index contributed by atoms with van der Waals surface area (Å²) < 4.78 is 11.5. The summed E-state index contributed by atoms with van der Waals surface area (Å²) in [6, 6.07) is 11.1. The maximum absolute atomic E-state index is 12.3. The van der Waals surface area contributed by atoms with Gasteiger partial charge in [-0.3, -0.25) is 4.79 Å². The zero-order valence-electron chi connectivity index (χ0n) is 15.2. The van der Waals surface area contributed by atoms with Gasteiger partial charge in [-0.2, -0.15) is 5.10 Å². The molecule has 0 atom stereocenters. The first-order chi connectivity index (χ1) is 12.5. The summed E-state index contributed by atoms with van der Waals surface area (Å²) in [7, 11) is 5.49. The van der Waals surface area contributed by atoms with Crippen LogP contribution in [0, 0.1) is 0 Å². The summed E-state index contributed by atoms with van der Waals surface area (Å²) in [4.78, 5) is 14.3. The van der Waals surface area contributed by atoms with Crippen LogP contribution in [0.2, 0.25) is 0 Å². The third-order valence-electron chi connectivity index (χ3n) is 3.57. The smallest absolute Gasteiger partial charge is 0.271 e. The number of nitrogens with one attached hydrogen (secondary N) is 1. The number of hydrogen-bond acceptors (Lipinski definition) is 5. The molecule has 0 fully saturated rings. The van der Waals surface area contributed by atoms with Crippen LogP contribution in [-0.4, -0.2) is 39.9 Å². The van der Waals surface area contributed by atoms with Gasteiger partial charge in [0.05, 0.1) is 24.4 Å². The van der Waals surface area contributed by atoms with Crippen LogP contribution < -0.4 is 19.8 Å². The Labute approximate surface area is 161 Å². The Kier molecular flexibility index (Phi) is 7.03. The second kappa shape index (κ2) is 9.24. The number of anilines is 1. The molecule has 6 nitrogen and oxygen atoms in total. The van der Waals surface area contributed by atoms with E-state index in [1.54, 1.807) is 18.3 Å². The fraction of sp³-hybridized carbons (Fsp3) is 0.263. The van der Waals surface area contributed by atoms with Crippen LogP contribution in [0.3, 0.4) is 0 Å². The molecular weight excluding hydrogens is 398 g/mol. The first kappa shape index (κ1) is 19.8. The number of hydrazone groups is 1. The molecule has 0 saturated heterocycles. The molecule has 7 heteroatoms. The van der Waals surface area contributed by atoms with E-state index in [4.69, 9.17) is 9.47 Å². The minimum Gasteiger partial charge on any atom is -0.493 e. The molecule has 0 bridgehead atoms. The third-order valence-corrected chi connectivity index (χ3v) is 4.16. The molecule has 0 spiro atoms. The van der Waals surface area contributed by atoms with Crippen LogP contribution >= 0.6 is 15.9 Å². The van der Waals surface area contributed by atoms with Crippen molar-refractivity contribution in [3.63, 3.8) is 0 Å². The number of carbonyl (C=O) groups is 1. The van der Waals surface area contributed by atoms with E-state index in [-0.39, 0.29) is 5.91 Å². The summed E-state index contributed by atoms with van der Waals surface area (Å²) in [5.41, 5.74) is 4.92. The van der Waals surface area contributed by atoms with Crippen LogP contribution in [0.1, 0.15) is 22.8 Å². The molecule has 2 aromatic carbocycles. The number of halogens is 1. The molecule has 0 aliphatic rings. The molecule has 2 rings (SSSR count). The third kappa shape index (κ3) is 4.98. The largest absolute Gasteiger partial charge is 0.493 e. The van der Waals surface area contributed by atoms with Crippen molar-refractivity contribution in [2.45, 2.75) is 6.92 Å². The van der Waals surface area contributed by atoms with Crippen LogP contribution in [0.4, 0.5) is 5.69 Å². The SMILES string of the molecule is CCOc1c(Br)cc(C(=O)N/N=C\c2ccc(N(C)C)cc2)cc1OC. The standard InChI is InChI=1S/C19H22BrN3O3/c1-5-26-18-16(20)10-14(11-17(18)25-4)19(24)22-21-12-13-6-8-15(9-7-13)23(2)3/h6-12H,5H2,1-4H3,(H,22,24)/b21-12-. The molecule has 0 heterocycles. The van der Waals surface area contributed by atoms with Crippen molar-refractivity contribution in [2.75, 3.05) is 32.7 Å². The predicted molar refractivity (Wildman–Crippen MR) is 108 cm³/mol. The number of benzene rings is 2. The van der Waals surface area contributed by atoms with Crippen molar-refractivity contribution in [3.8, 4) is 11.5 Å². The molecule has 1 N–H and O–H groups in total. The number of rotatable bonds is 7. The van der Waals surface area contributed by atoms with Gasteiger partial charge in [0.1, 0.15) is 0 Å². The molecule has 0 radical (unpaired) electrons. The molecule has 138 valence electrons. The maximum atomic E-state index is 12.3. The Hall–Kier alpha value is -2.54. The highest BCUT2D eigenvalue weighted by Crippen LogP contribution is 2.36. The van der Waals surface area contributed by atoms with Crippen LogP contribution in [0.5, 0.6) is 11.5 Å². The second-order valence-corrected chi connectivity index (χ2v) is 6.46. The zero-order valence-corrected chi connectivity index (χ0v) is 16.8. The fourth-order valence-electron chi connectivity index (χ4n) is 2.22. The molecule has 2 aromatic rings. The fourth-order valence-corrected chi connectivity index (χ4v) is 2.78. The summed E-state index contributed by atoms with van der Waals surface area (Å²) in [5, 5.41) is 4.01. The van der Waals surface area contributed by atoms with Crippen LogP contribution in [0.15, 0.2) is 46.0 Å². The minimum atomic E-state index is -0.340. The van der Waals surface area contributed by atoms with E-state index in [1.165, 1.54) is 7.11 Å². The number of carbonyl (C=O) groups excluding carboxylic acids is 1. The number of nitrogens with zero attached hydrogens (tertiary/aromatic N) is 2. The monoisotopic (exact) mass is 419 g/mol. The van der Waals surface area contributed by atoms with E-state index in [1.807, 2.05) is 50.2 Å². The van der Waals surface area contributed by atoms with Crippen molar-refractivity contribution in [2.24, 2.45) is 5.10 Å². The highest BCUT2D eigenvalue weighted by atomic mass is 79.9. The normalized spacial score (nSPS) is 10.7. The average molecular weight is 420 g/mol. The van der Waals surface area contributed by atoms with Gasteiger partial charge >= 0.3 is 0 Å². The highest BCUT2D eigenvalue weighted by Gasteiger charge is 2.15. The van der Waals surface area contributed by atoms with E-state index in [0.717, 1.165) is 11.3 Å². The van der Waals surface area contributed by atoms with E-state index >= 15 is 0 Å². The van der Waals surface area contributed by atoms with Gasteiger partial charge in [-0.15, -0.1) is 0 Å². The topological polar surface area (TPSA) is 63.2 Å². The summed E-state index contributed by atoms with van der Waals surface area (Å²) in [6.45, 7) is 2.38. The highest BCUT2D eigenvalue weighted by molar-refractivity contribution is 9.10.